The fraction of sp³-hybridized carbons (Fsp3) is 0.175. The van der Waals surface area contributed by atoms with Crippen molar-refractivity contribution in [3.8, 4) is 5.75 Å². The molecule has 0 atom stereocenters. The highest BCUT2D eigenvalue weighted by Gasteiger charge is 2.27. The predicted molar refractivity (Wildman–Crippen MR) is 288 cm³/mol. The normalized spacial score (nSPS) is 12.2. The minimum atomic E-state index is 0.294. The Kier molecular flexibility index (Phi) is 11.0. The van der Waals surface area contributed by atoms with Crippen LogP contribution in [0.5, 0.6) is 5.75 Å². The van der Waals surface area contributed by atoms with Crippen molar-refractivity contribution in [2.45, 2.75) is 75.2 Å². The van der Waals surface area contributed by atoms with Crippen LogP contribution in [0.25, 0.3) is 54.3 Å². The second kappa shape index (κ2) is 17.0. The number of phenolic OH excluding ortho intramolecular Hbond substituents is 1. The summed E-state index contributed by atoms with van der Waals surface area (Å²) in [6, 6.07) is 44.4. The second-order valence-corrected chi connectivity index (χ2v) is 18.7. The molecule has 0 bridgehead atoms. The Morgan fingerprint density at radius 1 is 0.537 bits per heavy atom. The van der Waals surface area contributed by atoms with Crippen molar-refractivity contribution in [3.05, 3.63) is 208 Å². The number of aryl methyl sites for hydroxylation is 7. The molecule has 0 saturated carbocycles. The highest BCUT2D eigenvalue weighted by molar-refractivity contribution is 6.28. The zero-order chi connectivity index (χ0) is 46.8. The summed E-state index contributed by atoms with van der Waals surface area (Å²) in [4.78, 5) is 4.69. The Labute approximate surface area is 394 Å². The van der Waals surface area contributed by atoms with Crippen LogP contribution in [0.15, 0.2) is 162 Å². The quantitative estimate of drug-likeness (QED) is 0.104. The Bertz CT molecular complexity index is 3630. The zero-order valence-electron chi connectivity index (χ0n) is 40.2. The first-order valence-corrected chi connectivity index (χ1v) is 23.5. The monoisotopic (exact) mass is 874 g/mol. The van der Waals surface area contributed by atoms with Gasteiger partial charge in [-0.2, -0.15) is 0 Å². The minimum Gasteiger partial charge on any atom is -0.505 e. The molecule has 0 fully saturated rings. The number of allylic oxidation sites excluding steroid dienone is 5. The van der Waals surface area contributed by atoms with Gasteiger partial charge in [0.2, 0.25) is 0 Å². The third kappa shape index (κ3) is 7.32. The Hall–Kier alpha value is -7.56. The maximum absolute atomic E-state index is 12.3. The third-order valence-corrected chi connectivity index (χ3v) is 14.4. The first-order valence-electron chi connectivity index (χ1n) is 23.5. The van der Waals surface area contributed by atoms with Gasteiger partial charge in [0, 0.05) is 32.9 Å². The molecule has 0 unspecified atom stereocenters. The highest BCUT2D eigenvalue weighted by atomic mass is 16.3. The molecule has 10 aromatic rings. The lowest BCUT2D eigenvalue weighted by Gasteiger charge is -2.31. The van der Waals surface area contributed by atoms with Crippen LogP contribution in [0.2, 0.25) is 0 Å². The van der Waals surface area contributed by atoms with E-state index in [0.717, 1.165) is 95.3 Å². The lowest BCUT2D eigenvalue weighted by Crippen LogP contribution is -2.13. The van der Waals surface area contributed by atoms with Gasteiger partial charge in [0.05, 0.1) is 22.7 Å². The summed E-state index contributed by atoms with van der Waals surface area (Å²) >= 11 is 0. The molecule has 1 aromatic heterocycles. The number of phenols is 1. The van der Waals surface area contributed by atoms with E-state index in [1.807, 2.05) is 19.1 Å². The molecule has 1 N–H and O–H groups in total. The van der Waals surface area contributed by atoms with Gasteiger partial charge in [0.1, 0.15) is 11.3 Å². The van der Waals surface area contributed by atoms with Crippen molar-refractivity contribution in [1.82, 2.24) is 0 Å². The average molecular weight is 875 g/mol. The van der Waals surface area contributed by atoms with Gasteiger partial charge in [-0.05, 0) is 195 Å². The molecule has 0 aliphatic carbocycles. The molecule has 67 heavy (non-hydrogen) atoms. The van der Waals surface area contributed by atoms with E-state index in [1.54, 1.807) is 0 Å². The van der Waals surface area contributed by atoms with Gasteiger partial charge in [-0.1, -0.05) is 109 Å². The number of fused-ring (bicyclic) bond motifs is 3. The average Bonchev–Trinajstić information content (AvgIpc) is 3.73. The molecule has 4 heteroatoms. The Balaban J connectivity index is 1.22. The van der Waals surface area contributed by atoms with Crippen molar-refractivity contribution < 1.29 is 9.52 Å². The lowest BCUT2D eigenvalue weighted by atomic mass is 9.91. The molecule has 0 aliphatic rings. The number of anilines is 6. The van der Waals surface area contributed by atoms with Crippen LogP contribution in [0.1, 0.15) is 63.4 Å². The molecule has 1 heterocycles. The van der Waals surface area contributed by atoms with Crippen molar-refractivity contribution in [3.63, 3.8) is 0 Å². The van der Waals surface area contributed by atoms with Crippen LogP contribution in [0, 0.1) is 55.4 Å². The zero-order valence-corrected chi connectivity index (χ0v) is 40.2. The summed E-state index contributed by atoms with van der Waals surface area (Å²) in [5.41, 5.74) is 19.5. The minimum absolute atomic E-state index is 0.294. The summed E-state index contributed by atoms with van der Waals surface area (Å²) in [6.45, 7) is 23.4. The summed E-state index contributed by atoms with van der Waals surface area (Å²) < 4.78 is 6.97. The fourth-order valence-corrected chi connectivity index (χ4v) is 10.2. The van der Waals surface area contributed by atoms with Gasteiger partial charge in [-0.25, -0.2) is 0 Å². The van der Waals surface area contributed by atoms with Gasteiger partial charge in [-0.3, -0.25) is 0 Å². The molecule has 9 aromatic carbocycles. The number of benzene rings is 9. The molecular weight excluding hydrogens is 817 g/mol. The lowest BCUT2D eigenvalue weighted by molar-refractivity contribution is 0.469. The van der Waals surface area contributed by atoms with Gasteiger partial charge in [0.15, 0.2) is 5.58 Å². The SMILES string of the molecule is C=C/C(C)=C\C=C/CCc1cccc(N(c2cc(C)c(C)c(C)c2)c2ccc3ccc4c(N(c5cc(C)c(C)c(C)c5)c5ccc(C)c6c5oc5c(C)cccc56)ccc5ccc2c3c54)c1O. The molecule has 332 valence electrons. The van der Waals surface area contributed by atoms with Crippen LogP contribution >= 0.6 is 0 Å². The number of furan rings is 1. The van der Waals surface area contributed by atoms with E-state index in [4.69, 9.17) is 4.42 Å². The van der Waals surface area contributed by atoms with Crippen LogP contribution in [0.4, 0.5) is 34.1 Å². The van der Waals surface area contributed by atoms with E-state index in [1.165, 1.54) is 55.1 Å². The highest BCUT2D eigenvalue weighted by Crippen LogP contribution is 2.51. The van der Waals surface area contributed by atoms with Crippen molar-refractivity contribution in [1.29, 1.82) is 0 Å². The Morgan fingerprint density at radius 3 is 1.66 bits per heavy atom. The smallest absolute Gasteiger partial charge is 0.159 e. The number of nitrogens with zero attached hydrogens (tertiary/aromatic N) is 2. The molecule has 0 radical (unpaired) electrons. The van der Waals surface area contributed by atoms with Crippen molar-refractivity contribution in [2.75, 3.05) is 9.80 Å². The number of rotatable bonds is 11. The number of para-hydroxylation sites is 2. The topological polar surface area (TPSA) is 39.9 Å². The number of hydrogen-bond acceptors (Lipinski definition) is 4. The Morgan fingerprint density at radius 2 is 1.07 bits per heavy atom. The second-order valence-electron chi connectivity index (χ2n) is 18.7. The molecule has 0 amide bonds. The van der Waals surface area contributed by atoms with Gasteiger partial charge >= 0.3 is 0 Å². The molecular formula is C63H58N2O2. The maximum atomic E-state index is 12.3. The number of hydrogen-bond donors (Lipinski definition) is 1. The largest absolute Gasteiger partial charge is 0.505 e. The molecule has 4 nitrogen and oxygen atoms in total. The van der Waals surface area contributed by atoms with E-state index < -0.39 is 0 Å². The van der Waals surface area contributed by atoms with Crippen LogP contribution in [-0.2, 0) is 6.42 Å². The molecule has 10 rings (SSSR count). The summed E-state index contributed by atoms with van der Waals surface area (Å²) in [5.74, 6) is 0.294. The maximum Gasteiger partial charge on any atom is 0.159 e. The third-order valence-electron chi connectivity index (χ3n) is 14.4. The molecule has 0 spiro atoms. The van der Waals surface area contributed by atoms with Gasteiger partial charge in [0.25, 0.3) is 0 Å². The van der Waals surface area contributed by atoms with Crippen LogP contribution < -0.4 is 9.80 Å². The summed E-state index contributed by atoms with van der Waals surface area (Å²) in [7, 11) is 0. The van der Waals surface area contributed by atoms with E-state index in [0.29, 0.717) is 12.2 Å². The summed E-state index contributed by atoms with van der Waals surface area (Å²) in [5, 5.41) is 21.6. The van der Waals surface area contributed by atoms with Gasteiger partial charge < -0.3 is 19.3 Å². The van der Waals surface area contributed by atoms with Crippen molar-refractivity contribution >= 4 is 88.4 Å². The van der Waals surface area contributed by atoms with Crippen LogP contribution in [0.3, 0.4) is 0 Å². The molecule has 0 saturated heterocycles. The van der Waals surface area contributed by atoms with Gasteiger partial charge in [-0.15, -0.1) is 0 Å². The van der Waals surface area contributed by atoms with E-state index in [-0.39, 0.29) is 0 Å². The predicted octanol–water partition coefficient (Wildman–Crippen LogP) is 18.2. The first kappa shape index (κ1) is 43.3. The first-order chi connectivity index (χ1) is 32.3. The van der Waals surface area contributed by atoms with E-state index >= 15 is 0 Å². The summed E-state index contributed by atoms with van der Waals surface area (Å²) in [6.07, 6.45) is 9.64. The number of aromatic hydroxyl groups is 1. The van der Waals surface area contributed by atoms with Crippen molar-refractivity contribution in [2.24, 2.45) is 0 Å². The van der Waals surface area contributed by atoms with E-state index in [9.17, 15) is 5.11 Å². The molecule has 0 aliphatic heterocycles. The fourth-order valence-electron chi connectivity index (χ4n) is 10.2. The standard InChI is InChI=1S/C63H58N2O2/c1-11-37(2)17-13-12-14-19-48-20-16-22-56(61(48)66)64(49-33-40(5)44(9)41(6)34-49)54-31-26-46-25-29-52-55(32-27-47-24-28-51(54)59(46)60(47)52)65(50-35-42(7)45(10)43(8)36-50)57-30-23-38(3)58-53-21-15-18-39(4)62(53)67-63(57)58/h11-13,15-18,20-36,66H,1,14,19H2,2-10H3/b13-12-,37-17-. The van der Waals surface area contributed by atoms with E-state index in [2.05, 4.69) is 205 Å². The van der Waals surface area contributed by atoms with Crippen LogP contribution in [-0.4, -0.2) is 5.11 Å².